The molecule has 1 amide bonds. The highest BCUT2D eigenvalue weighted by atomic mass is 16.5. The second kappa shape index (κ2) is 7.56. The number of amides is 1. The molecular formula is C16H25N3O3. The third kappa shape index (κ3) is 4.18. The van der Waals surface area contributed by atoms with Crippen molar-refractivity contribution >= 4 is 5.91 Å². The number of nitrogens with zero attached hydrogens (tertiary/aromatic N) is 2. The number of aliphatic hydroxyl groups excluding tert-OH is 1. The summed E-state index contributed by atoms with van der Waals surface area (Å²) in [6.07, 6.45) is 3.00. The first-order valence-electron chi connectivity index (χ1n) is 7.73. The lowest BCUT2D eigenvalue weighted by Gasteiger charge is -2.36. The Hall–Kier alpha value is -1.66. The van der Waals surface area contributed by atoms with Crippen LogP contribution in [0.2, 0.25) is 0 Å². The van der Waals surface area contributed by atoms with Crippen LogP contribution in [0.3, 0.4) is 0 Å². The second-order valence-corrected chi connectivity index (χ2v) is 5.90. The molecule has 1 saturated heterocycles. The van der Waals surface area contributed by atoms with Crippen LogP contribution in [0.4, 0.5) is 0 Å². The highest BCUT2D eigenvalue weighted by molar-refractivity contribution is 5.76. The summed E-state index contributed by atoms with van der Waals surface area (Å²) in [5, 5.41) is 17.1. The van der Waals surface area contributed by atoms with Gasteiger partial charge in [0.2, 0.25) is 5.91 Å². The van der Waals surface area contributed by atoms with Gasteiger partial charge in [0.05, 0.1) is 17.8 Å². The van der Waals surface area contributed by atoms with Crippen LogP contribution < -0.4 is 5.32 Å². The average Bonchev–Trinajstić information content (AvgIpc) is 2.80. The molecule has 1 aromatic heterocycles. The molecule has 0 saturated carbocycles. The van der Waals surface area contributed by atoms with Crippen molar-refractivity contribution in [3.05, 3.63) is 29.7 Å². The van der Waals surface area contributed by atoms with Gasteiger partial charge >= 0.3 is 0 Å². The molecule has 0 spiro atoms. The van der Waals surface area contributed by atoms with Crippen LogP contribution in [0.5, 0.6) is 0 Å². The highest BCUT2D eigenvalue weighted by Crippen LogP contribution is 2.19. The molecule has 2 unspecified atom stereocenters. The topological polar surface area (TPSA) is 78.6 Å². The van der Waals surface area contributed by atoms with Gasteiger partial charge in [-0.1, -0.05) is 11.2 Å². The SMILES string of the molecule is C=CCCC(=O)NC1CCN(Cc2c(C)noc2C)CC1O. The Kier molecular flexibility index (Phi) is 5.74. The Balaban J connectivity index is 1.84. The van der Waals surface area contributed by atoms with Crippen molar-refractivity contribution in [3.8, 4) is 0 Å². The summed E-state index contributed by atoms with van der Waals surface area (Å²) in [5.41, 5.74) is 1.98. The quantitative estimate of drug-likeness (QED) is 0.775. The summed E-state index contributed by atoms with van der Waals surface area (Å²) >= 11 is 0. The standard InChI is InChI=1S/C16H25N3O3/c1-4-5-6-16(21)17-14-7-8-19(10-15(14)20)9-13-11(2)18-22-12(13)3/h4,14-15,20H,1,5-10H2,2-3H3,(H,17,21). The van der Waals surface area contributed by atoms with Gasteiger partial charge in [0.25, 0.3) is 0 Å². The van der Waals surface area contributed by atoms with Gasteiger partial charge in [-0.3, -0.25) is 9.69 Å². The Morgan fingerprint density at radius 3 is 2.95 bits per heavy atom. The fourth-order valence-electron chi connectivity index (χ4n) is 2.77. The maximum Gasteiger partial charge on any atom is 0.220 e. The monoisotopic (exact) mass is 307 g/mol. The van der Waals surface area contributed by atoms with E-state index in [0.29, 0.717) is 19.4 Å². The number of hydrogen-bond acceptors (Lipinski definition) is 5. The second-order valence-electron chi connectivity index (χ2n) is 5.90. The molecule has 2 heterocycles. The molecule has 0 bridgehead atoms. The lowest BCUT2D eigenvalue weighted by molar-refractivity contribution is -0.123. The van der Waals surface area contributed by atoms with E-state index in [4.69, 9.17) is 4.52 Å². The zero-order valence-corrected chi connectivity index (χ0v) is 13.3. The molecule has 2 atom stereocenters. The lowest BCUT2D eigenvalue weighted by atomic mass is 10.0. The molecule has 22 heavy (non-hydrogen) atoms. The number of carbonyl (C=O) groups excluding carboxylic acids is 1. The van der Waals surface area contributed by atoms with Crippen molar-refractivity contribution in [1.29, 1.82) is 0 Å². The zero-order valence-electron chi connectivity index (χ0n) is 13.3. The summed E-state index contributed by atoms with van der Waals surface area (Å²) in [5.74, 6) is 0.801. The molecule has 1 aromatic rings. The number of piperidine rings is 1. The number of carbonyl (C=O) groups is 1. The molecule has 1 aliphatic rings. The largest absolute Gasteiger partial charge is 0.390 e. The number of aryl methyl sites for hydroxylation is 2. The number of likely N-dealkylation sites (tertiary alicyclic amines) is 1. The molecule has 2 rings (SSSR count). The fourth-order valence-corrected chi connectivity index (χ4v) is 2.77. The predicted molar refractivity (Wildman–Crippen MR) is 83.2 cm³/mol. The first kappa shape index (κ1) is 16.7. The van der Waals surface area contributed by atoms with Crippen molar-refractivity contribution < 1.29 is 14.4 Å². The van der Waals surface area contributed by atoms with E-state index < -0.39 is 6.10 Å². The molecule has 1 fully saturated rings. The van der Waals surface area contributed by atoms with Gasteiger partial charge < -0.3 is 14.9 Å². The van der Waals surface area contributed by atoms with Gasteiger partial charge in [-0.2, -0.15) is 0 Å². The number of nitrogens with one attached hydrogen (secondary N) is 1. The predicted octanol–water partition coefficient (Wildman–Crippen LogP) is 1.31. The number of hydrogen-bond donors (Lipinski definition) is 2. The van der Waals surface area contributed by atoms with Gasteiger partial charge in [0, 0.05) is 31.6 Å². The smallest absolute Gasteiger partial charge is 0.220 e. The fraction of sp³-hybridized carbons (Fsp3) is 0.625. The van der Waals surface area contributed by atoms with Crippen LogP contribution >= 0.6 is 0 Å². The minimum atomic E-state index is -0.554. The van der Waals surface area contributed by atoms with Crippen molar-refractivity contribution in [2.45, 2.75) is 51.8 Å². The Labute approximate surface area is 131 Å². The number of β-amino-alcohol motifs (C(OH)–C–C–N with tert-alkyl or cyclic N) is 1. The third-order valence-corrected chi connectivity index (χ3v) is 4.15. The van der Waals surface area contributed by atoms with E-state index in [1.165, 1.54) is 0 Å². The summed E-state index contributed by atoms with van der Waals surface area (Å²) in [6.45, 7) is 9.51. The van der Waals surface area contributed by atoms with Crippen LogP contribution in [-0.2, 0) is 11.3 Å². The summed E-state index contributed by atoms with van der Waals surface area (Å²) in [4.78, 5) is 13.9. The van der Waals surface area contributed by atoms with Crippen molar-refractivity contribution in [3.63, 3.8) is 0 Å². The average molecular weight is 307 g/mol. The molecule has 2 N–H and O–H groups in total. The van der Waals surface area contributed by atoms with Gasteiger partial charge in [-0.15, -0.1) is 6.58 Å². The lowest BCUT2D eigenvalue weighted by Crippen LogP contribution is -2.53. The Morgan fingerprint density at radius 1 is 1.59 bits per heavy atom. The highest BCUT2D eigenvalue weighted by Gasteiger charge is 2.29. The molecule has 0 aromatic carbocycles. The summed E-state index contributed by atoms with van der Waals surface area (Å²) < 4.78 is 5.17. The normalized spacial score (nSPS) is 22.5. The van der Waals surface area contributed by atoms with Crippen LogP contribution in [0.1, 0.15) is 36.3 Å². The van der Waals surface area contributed by atoms with Gasteiger partial charge in [-0.25, -0.2) is 0 Å². The molecule has 6 nitrogen and oxygen atoms in total. The molecule has 6 heteroatoms. The van der Waals surface area contributed by atoms with Gasteiger partial charge in [0.15, 0.2) is 0 Å². The molecule has 1 aliphatic heterocycles. The Bertz CT molecular complexity index is 507. The molecule has 122 valence electrons. The number of rotatable bonds is 6. The van der Waals surface area contributed by atoms with E-state index in [1.54, 1.807) is 6.08 Å². The van der Waals surface area contributed by atoms with Crippen LogP contribution in [0.15, 0.2) is 17.2 Å². The number of allylic oxidation sites excluding steroid dienone is 1. The minimum Gasteiger partial charge on any atom is -0.390 e. The first-order chi connectivity index (χ1) is 10.5. The maximum absolute atomic E-state index is 11.7. The molecular weight excluding hydrogens is 282 g/mol. The van der Waals surface area contributed by atoms with E-state index in [1.807, 2.05) is 13.8 Å². The van der Waals surface area contributed by atoms with E-state index >= 15 is 0 Å². The number of aliphatic hydroxyl groups is 1. The van der Waals surface area contributed by atoms with Crippen molar-refractivity contribution in [2.75, 3.05) is 13.1 Å². The van der Waals surface area contributed by atoms with Crippen molar-refractivity contribution in [2.24, 2.45) is 0 Å². The van der Waals surface area contributed by atoms with Crippen LogP contribution in [-0.4, -0.2) is 46.3 Å². The van der Waals surface area contributed by atoms with Crippen molar-refractivity contribution in [1.82, 2.24) is 15.4 Å². The maximum atomic E-state index is 11.7. The number of aromatic nitrogens is 1. The van der Waals surface area contributed by atoms with Gasteiger partial charge in [0.1, 0.15) is 5.76 Å². The van der Waals surface area contributed by atoms with Gasteiger partial charge in [-0.05, 0) is 26.7 Å². The minimum absolute atomic E-state index is 0.0249. The van der Waals surface area contributed by atoms with E-state index in [9.17, 15) is 9.90 Å². The van der Waals surface area contributed by atoms with E-state index in [0.717, 1.165) is 36.5 Å². The van der Waals surface area contributed by atoms with E-state index in [-0.39, 0.29) is 11.9 Å². The third-order valence-electron chi connectivity index (χ3n) is 4.15. The Morgan fingerprint density at radius 2 is 2.36 bits per heavy atom. The first-order valence-corrected chi connectivity index (χ1v) is 7.73. The van der Waals surface area contributed by atoms with E-state index in [2.05, 4.69) is 22.0 Å². The summed E-state index contributed by atoms with van der Waals surface area (Å²) in [7, 11) is 0. The van der Waals surface area contributed by atoms with Crippen LogP contribution in [0.25, 0.3) is 0 Å². The molecule has 0 radical (unpaired) electrons. The van der Waals surface area contributed by atoms with Crippen LogP contribution in [0, 0.1) is 13.8 Å². The zero-order chi connectivity index (χ0) is 16.1. The molecule has 0 aliphatic carbocycles. The summed E-state index contributed by atoms with van der Waals surface area (Å²) in [6, 6.07) is -0.168.